The minimum atomic E-state index is -0.496. The molecule has 3 aromatic carbocycles. The lowest BCUT2D eigenvalue weighted by Crippen LogP contribution is -2.23. The largest absolute Gasteiger partial charge is 0.480 e. The predicted octanol–water partition coefficient (Wildman–Crippen LogP) is 4.87. The zero-order chi connectivity index (χ0) is 19.5. The van der Waals surface area contributed by atoms with Crippen molar-refractivity contribution in [2.45, 2.75) is 6.10 Å². The lowest BCUT2D eigenvalue weighted by atomic mass is 9.89. The minimum absolute atomic E-state index is 0.0623. The molecular formula is C24H18O4. The van der Waals surface area contributed by atoms with Crippen molar-refractivity contribution in [1.29, 1.82) is 0 Å². The standard InChI is InChI=1S/C24H18O4/c1-27-24(26)18-13-11-16(12-14-18)15-20-22(25)19-9-5-6-10-21(19)28-23(20)17-7-3-2-4-8-17/h2-15,23H,1H3. The van der Waals surface area contributed by atoms with Crippen LogP contribution in [-0.4, -0.2) is 18.9 Å². The number of para-hydroxylation sites is 1. The first-order chi connectivity index (χ1) is 13.7. The summed E-state index contributed by atoms with van der Waals surface area (Å²) in [6.45, 7) is 0. The van der Waals surface area contributed by atoms with Crippen molar-refractivity contribution in [3.8, 4) is 5.75 Å². The number of hydrogen-bond donors (Lipinski definition) is 0. The zero-order valence-electron chi connectivity index (χ0n) is 15.3. The molecule has 1 aliphatic heterocycles. The zero-order valence-corrected chi connectivity index (χ0v) is 15.3. The van der Waals surface area contributed by atoms with Crippen LogP contribution in [0.5, 0.6) is 5.75 Å². The number of esters is 1. The molecule has 0 aromatic heterocycles. The predicted molar refractivity (Wildman–Crippen MR) is 106 cm³/mol. The van der Waals surface area contributed by atoms with Gasteiger partial charge < -0.3 is 9.47 Å². The summed E-state index contributed by atoms with van der Waals surface area (Å²) < 4.78 is 10.9. The van der Waals surface area contributed by atoms with Gasteiger partial charge in [0.05, 0.1) is 18.2 Å². The van der Waals surface area contributed by atoms with Crippen LogP contribution in [-0.2, 0) is 4.74 Å². The quantitative estimate of drug-likeness (QED) is 0.487. The number of Topliss-reactive ketones (excluding diaryl/α,β-unsaturated/α-hetero) is 1. The third-order valence-electron chi connectivity index (χ3n) is 4.68. The van der Waals surface area contributed by atoms with E-state index in [1.807, 2.05) is 54.6 Å². The summed E-state index contributed by atoms with van der Waals surface area (Å²) in [5.74, 6) is 0.125. The molecule has 4 nitrogen and oxygen atoms in total. The van der Waals surface area contributed by atoms with Crippen LogP contribution >= 0.6 is 0 Å². The Balaban J connectivity index is 1.78. The SMILES string of the molecule is COC(=O)c1ccc(C=C2C(=O)c3ccccc3OC2c2ccccc2)cc1. The van der Waals surface area contributed by atoms with Crippen molar-refractivity contribution in [3.05, 3.63) is 107 Å². The maximum absolute atomic E-state index is 13.2. The van der Waals surface area contributed by atoms with E-state index in [0.29, 0.717) is 22.4 Å². The minimum Gasteiger partial charge on any atom is -0.480 e. The van der Waals surface area contributed by atoms with Crippen molar-refractivity contribution in [2.75, 3.05) is 7.11 Å². The Morgan fingerprint density at radius 2 is 1.61 bits per heavy atom. The number of carbonyl (C=O) groups excluding carboxylic acids is 2. The average molecular weight is 370 g/mol. The molecule has 0 aliphatic carbocycles. The molecule has 0 amide bonds. The van der Waals surface area contributed by atoms with Crippen molar-refractivity contribution >= 4 is 17.8 Å². The van der Waals surface area contributed by atoms with E-state index in [2.05, 4.69) is 0 Å². The maximum Gasteiger partial charge on any atom is 0.337 e. The highest BCUT2D eigenvalue weighted by atomic mass is 16.5. The fourth-order valence-electron chi connectivity index (χ4n) is 3.25. The summed E-state index contributed by atoms with van der Waals surface area (Å²) in [5.41, 5.74) is 3.27. The number of hydrogen-bond acceptors (Lipinski definition) is 4. The van der Waals surface area contributed by atoms with Crippen molar-refractivity contribution in [3.63, 3.8) is 0 Å². The molecule has 0 saturated carbocycles. The van der Waals surface area contributed by atoms with E-state index in [1.165, 1.54) is 7.11 Å². The molecule has 1 aliphatic rings. The Labute approximate surface area is 163 Å². The molecule has 28 heavy (non-hydrogen) atoms. The molecule has 0 fully saturated rings. The fraction of sp³-hybridized carbons (Fsp3) is 0.0833. The van der Waals surface area contributed by atoms with Crippen LogP contribution in [0.1, 0.15) is 37.9 Å². The first-order valence-corrected chi connectivity index (χ1v) is 8.92. The molecule has 0 N–H and O–H groups in total. The average Bonchev–Trinajstić information content (AvgIpc) is 2.76. The number of ether oxygens (including phenoxy) is 2. The third kappa shape index (κ3) is 3.32. The van der Waals surface area contributed by atoms with Crippen molar-refractivity contribution in [2.24, 2.45) is 0 Å². The molecule has 1 atom stereocenters. The Bertz CT molecular complexity index is 1050. The second-order valence-electron chi connectivity index (χ2n) is 6.45. The Kier molecular flexibility index (Phi) is 4.77. The van der Waals surface area contributed by atoms with Gasteiger partial charge in [0, 0.05) is 5.57 Å². The highest BCUT2D eigenvalue weighted by molar-refractivity contribution is 6.14. The van der Waals surface area contributed by atoms with Crippen LogP contribution in [0.25, 0.3) is 6.08 Å². The molecule has 3 aromatic rings. The van der Waals surface area contributed by atoms with Gasteiger partial charge in [0.1, 0.15) is 5.75 Å². The van der Waals surface area contributed by atoms with Crippen LogP contribution in [0.2, 0.25) is 0 Å². The second-order valence-corrected chi connectivity index (χ2v) is 6.45. The van der Waals surface area contributed by atoms with Gasteiger partial charge in [0.25, 0.3) is 0 Å². The van der Waals surface area contributed by atoms with Gasteiger partial charge in [-0.2, -0.15) is 0 Å². The van der Waals surface area contributed by atoms with E-state index in [4.69, 9.17) is 9.47 Å². The van der Waals surface area contributed by atoms with Crippen LogP contribution in [0.4, 0.5) is 0 Å². The van der Waals surface area contributed by atoms with Gasteiger partial charge in [-0.3, -0.25) is 4.79 Å². The van der Waals surface area contributed by atoms with E-state index in [-0.39, 0.29) is 5.78 Å². The van der Waals surface area contributed by atoms with Gasteiger partial charge in [-0.05, 0) is 41.5 Å². The van der Waals surface area contributed by atoms with Crippen molar-refractivity contribution in [1.82, 2.24) is 0 Å². The highest BCUT2D eigenvalue weighted by Gasteiger charge is 2.32. The second kappa shape index (κ2) is 7.53. The topological polar surface area (TPSA) is 52.6 Å². The maximum atomic E-state index is 13.2. The van der Waals surface area contributed by atoms with E-state index in [0.717, 1.165) is 11.1 Å². The molecule has 4 rings (SSSR count). The van der Waals surface area contributed by atoms with Crippen LogP contribution in [0.15, 0.2) is 84.4 Å². The van der Waals surface area contributed by atoms with Crippen LogP contribution < -0.4 is 4.74 Å². The molecule has 1 heterocycles. The Morgan fingerprint density at radius 3 is 2.32 bits per heavy atom. The summed E-state index contributed by atoms with van der Waals surface area (Å²) in [5, 5.41) is 0. The third-order valence-corrected chi connectivity index (χ3v) is 4.68. The molecular weight excluding hydrogens is 352 g/mol. The Hall–Kier alpha value is -3.66. The normalized spacial score (nSPS) is 17.0. The molecule has 4 heteroatoms. The van der Waals surface area contributed by atoms with E-state index < -0.39 is 12.1 Å². The molecule has 138 valence electrons. The van der Waals surface area contributed by atoms with Gasteiger partial charge in [0.15, 0.2) is 11.9 Å². The number of carbonyl (C=O) groups is 2. The molecule has 1 unspecified atom stereocenters. The van der Waals surface area contributed by atoms with Gasteiger partial charge >= 0.3 is 5.97 Å². The monoisotopic (exact) mass is 370 g/mol. The summed E-state index contributed by atoms with van der Waals surface area (Å²) in [6.07, 6.45) is 1.32. The summed E-state index contributed by atoms with van der Waals surface area (Å²) in [6, 6.07) is 23.9. The van der Waals surface area contributed by atoms with Gasteiger partial charge in [-0.1, -0.05) is 54.6 Å². The smallest absolute Gasteiger partial charge is 0.337 e. The van der Waals surface area contributed by atoms with Gasteiger partial charge in [-0.25, -0.2) is 4.79 Å². The van der Waals surface area contributed by atoms with E-state index in [1.54, 1.807) is 30.3 Å². The van der Waals surface area contributed by atoms with E-state index in [9.17, 15) is 9.59 Å². The summed E-state index contributed by atoms with van der Waals surface area (Å²) in [7, 11) is 1.35. The molecule has 0 saturated heterocycles. The number of fused-ring (bicyclic) bond motifs is 1. The lowest BCUT2D eigenvalue weighted by molar-refractivity contribution is 0.0600. The molecule has 0 spiro atoms. The number of rotatable bonds is 3. The fourth-order valence-corrected chi connectivity index (χ4v) is 3.25. The van der Waals surface area contributed by atoms with Crippen LogP contribution in [0.3, 0.4) is 0 Å². The summed E-state index contributed by atoms with van der Waals surface area (Å²) >= 11 is 0. The van der Waals surface area contributed by atoms with Gasteiger partial charge in [0.2, 0.25) is 0 Å². The van der Waals surface area contributed by atoms with Crippen molar-refractivity contribution < 1.29 is 19.1 Å². The Morgan fingerprint density at radius 1 is 0.929 bits per heavy atom. The van der Waals surface area contributed by atoms with Gasteiger partial charge in [-0.15, -0.1) is 0 Å². The lowest BCUT2D eigenvalue weighted by Gasteiger charge is -2.28. The van der Waals surface area contributed by atoms with E-state index >= 15 is 0 Å². The number of methoxy groups -OCH3 is 1. The first-order valence-electron chi connectivity index (χ1n) is 8.92. The molecule has 0 bridgehead atoms. The van der Waals surface area contributed by atoms with Crippen LogP contribution in [0, 0.1) is 0 Å². The number of benzene rings is 3. The highest BCUT2D eigenvalue weighted by Crippen LogP contribution is 2.39. The number of ketones is 1. The summed E-state index contributed by atoms with van der Waals surface area (Å²) in [4.78, 5) is 24.8. The molecule has 0 radical (unpaired) electrons. The first kappa shape index (κ1) is 17.7.